The number of carboxylic acids is 2. The molecule has 2 N–H and O–H groups in total. The van der Waals surface area contributed by atoms with Crippen LogP contribution in [-0.2, 0) is 16.1 Å². The summed E-state index contributed by atoms with van der Waals surface area (Å²) in [5, 5.41) is 14.8. The van der Waals surface area contributed by atoms with Gasteiger partial charge in [0.2, 0.25) is 0 Å². The molecule has 0 bridgehead atoms. The van der Waals surface area contributed by atoms with E-state index in [1.54, 1.807) is 0 Å². The van der Waals surface area contributed by atoms with Gasteiger partial charge in [-0.25, -0.2) is 9.59 Å². The van der Waals surface area contributed by atoms with Crippen LogP contribution in [0.25, 0.3) is 0 Å². The number of rotatable bonds is 4. The quantitative estimate of drug-likeness (QED) is 0.755. The van der Waals surface area contributed by atoms with Crippen molar-refractivity contribution in [3.63, 3.8) is 0 Å². The molecule has 1 heterocycles. The fourth-order valence-electron chi connectivity index (χ4n) is 2.51. The van der Waals surface area contributed by atoms with E-state index in [1.807, 2.05) is 0 Å². The minimum Gasteiger partial charge on any atom is -0.473 e. The Hall–Kier alpha value is -1.44. The Morgan fingerprint density at radius 2 is 1.75 bits per heavy atom. The summed E-state index contributed by atoms with van der Waals surface area (Å²) in [6.07, 6.45) is 1.26. The maximum absolute atomic E-state index is 9.10. The first-order valence-corrected chi connectivity index (χ1v) is 8.79. The fourth-order valence-corrected chi connectivity index (χ4v) is 2.96. The lowest BCUT2D eigenvalue weighted by Gasteiger charge is -2.37. The van der Waals surface area contributed by atoms with Crippen molar-refractivity contribution in [1.29, 1.82) is 0 Å². The van der Waals surface area contributed by atoms with Crippen LogP contribution in [0.1, 0.15) is 25.8 Å². The molecule has 1 aromatic rings. The summed E-state index contributed by atoms with van der Waals surface area (Å²) >= 11 is 3.54. The van der Waals surface area contributed by atoms with Gasteiger partial charge in [-0.15, -0.1) is 0 Å². The molecule has 1 aliphatic rings. The smallest absolute Gasteiger partial charge is 0.414 e. The third-order valence-corrected chi connectivity index (χ3v) is 4.59. The molecule has 7 heteroatoms. The van der Waals surface area contributed by atoms with Crippen LogP contribution in [0.5, 0.6) is 0 Å². The first-order chi connectivity index (χ1) is 11.3. The predicted molar refractivity (Wildman–Crippen MR) is 96.0 cm³/mol. The monoisotopic (exact) mass is 400 g/mol. The van der Waals surface area contributed by atoms with E-state index in [0.717, 1.165) is 12.6 Å². The second-order valence-corrected chi connectivity index (χ2v) is 6.73. The Kier molecular flexibility index (Phi) is 8.95. The normalized spacial score (nSPS) is 16.8. The molecular formula is C17H25BrN2O4. The molecule has 1 atom stereocenters. The number of carboxylic acid groups (broad SMARTS) is 2. The van der Waals surface area contributed by atoms with Crippen LogP contribution in [0.2, 0.25) is 0 Å². The van der Waals surface area contributed by atoms with Gasteiger partial charge in [-0.2, -0.15) is 0 Å². The molecule has 1 fully saturated rings. The van der Waals surface area contributed by atoms with E-state index in [1.165, 1.54) is 42.6 Å². The van der Waals surface area contributed by atoms with Gasteiger partial charge in [-0.1, -0.05) is 35.0 Å². The SMILES string of the molecule is CCC(C)N1CCN(Cc2cccc(Br)c2)CC1.O=C(O)C(=O)O. The van der Waals surface area contributed by atoms with E-state index < -0.39 is 11.9 Å². The standard InChI is InChI=1S/C15H23BrN2.C2H2O4/c1-3-13(2)18-9-7-17(8-10-18)12-14-5-4-6-15(16)11-14;3-1(4)2(5)6/h4-6,11,13H,3,7-10,12H2,1-2H3;(H,3,4)(H,5,6). The molecule has 2 rings (SSSR count). The topological polar surface area (TPSA) is 81.1 Å². The molecule has 0 saturated carbocycles. The zero-order valence-corrected chi connectivity index (χ0v) is 15.7. The number of piperazine rings is 1. The summed E-state index contributed by atoms with van der Waals surface area (Å²) in [7, 11) is 0. The van der Waals surface area contributed by atoms with Crippen LogP contribution in [0.3, 0.4) is 0 Å². The maximum Gasteiger partial charge on any atom is 0.414 e. The highest BCUT2D eigenvalue weighted by atomic mass is 79.9. The molecule has 0 aromatic heterocycles. The number of nitrogens with zero attached hydrogens (tertiary/aromatic N) is 2. The average Bonchev–Trinajstić information content (AvgIpc) is 2.55. The number of aliphatic carboxylic acids is 2. The van der Waals surface area contributed by atoms with Crippen molar-refractivity contribution in [1.82, 2.24) is 9.80 Å². The average molecular weight is 401 g/mol. The third kappa shape index (κ3) is 7.42. The Morgan fingerprint density at radius 3 is 2.21 bits per heavy atom. The van der Waals surface area contributed by atoms with E-state index in [9.17, 15) is 0 Å². The summed E-state index contributed by atoms with van der Waals surface area (Å²) < 4.78 is 1.18. The third-order valence-electron chi connectivity index (χ3n) is 4.10. The van der Waals surface area contributed by atoms with E-state index in [-0.39, 0.29) is 0 Å². The van der Waals surface area contributed by atoms with E-state index in [4.69, 9.17) is 19.8 Å². The summed E-state index contributed by atoms with van der Waals surface area (Å²) in [4.78, 5) is 23.4. The molecule has 1 aliphatic heterocycles. The van der Waals surface area contributed by atoms with Gasteiger partial charge in [-0.3, -0.25) is 9.80 Å². The van der Waals surface area contributed by atoms with Crippen LogP contribution in [0, 0.1) is 0 Å². The lowest BCUT2D eigenvalue weighted by molar-refractivity contribution is -0.159. The van der Waals surface area contributed by atoms with E-state index >= 15 is 0 Å². The summed E-state index contributed by atoms with van der Waals surface area (Å²) in [6.45, 7) is 10.5. The van der Waals surface area contributed by atoms with Crippen LogP contribution in [0.4, 0.5) is 0 Å². The number of carbonyl (C=O) groups is 2. The highest BCUT2D eigenvalue weighted by molar-refractivity contribution is 9.10. The molecule has 1 saturated heterocycles. The summed E-state index contributed by atoms with van der Waals surface area (Å²) in [6, 6.07) is 9.38. The highest BCUT2D eigenvalue weighted by Gasteiger charge is 2.19. The van der Waals surface area contributed by atoms with Crippen molar-refractivity contribution >= 4 is 27.9 Å². The van der Waals surface area contributed by atoms with Gasteiger partial charge >= 0.3 is 11.9 Å². The molecule has 0 spiro atoms. The number of benzene rings is 1. The maximum atomic E-state index is 9.10. The molecule has 0 aliphatic carbocycles. The zero-order chi connectivity index (χ0) is 18.1. The molecule has 0 amide bonds. The second-order valence-electron chi connectivity index (χ2n) is 5.81. The minimum absolute atomic E-state index is 0.734. The lowest BCUT2D eigenvalue weighted by Crippen LogP contribution is -2.48. The van der Waals surface area contributed by atoms with Crippen molar-refractivity contribution in [3.8, 4) is 0 Å². The first-order valence-electron chi connectivity index (χ1n) is 8.00. The van der Waals surface area contributed by atoms with E-state index in [2.05, 4.69) is 63.8 Å². The highest BCUT2D eigenvalue weighted by Crippen LogP contribution is 2.15. The van der Waals surface area contributed by atoms with Crippen LogP contribution >= 0.6 is 15.9 Å². The van der Waals surface area contributed by atoms with Gasteiger partial charge in [0.15, 0.2) is 0 Å². The lowest BCUT2D eigenvalue weighted by atomic mass is 10.1. The van der Waals surface area contributed by atoms with Gasteiger partial charge in [0.25, 0.3) is 0 Å². The van der Waals surface area contributed by atoms with Gasteiger partial charge in [0.1, 0.15) is 0 Å². The molecule has 134 valence electrons. The van der Waals surface area contributed by atoms with Gasteiger partial charge in [-0.05, 0) is 31.0 Å². The van der Waals surface area contributed by atoms with Crippen molar-refractivity contribution in [2.45, 2.75) is 32.9 Å². The van der Waals surface area contributed by atoms with Crippen LogP contribution in [0.15, 0.2) is 28.7 Å². The molecule has 6 nitrogen and oxygen atoms in total. The number of halogens is 1. The van der Waals surface area contributed by atoms with Gasteiger partial charge < -0.3 is 10.2 Å². The largest absolute Gasteiger partial charge is 0.473 e. The van der Waals surface area contributed by atoms with Crippen molar-refractivity contribution in [3.05, 3.63) is 34.3 Å². The number of hydrogen-bond acceptors (Lipinski definition) is 4. The van der Waals surface area contributed by atoms with Gasteiger partial charge in [0, 0.05) is 43.2 Å². The van der Waals surface area contributed by atoms with Crippen molar-refractivity contribution in [2.24, 2.45) is 0 Å². The number of hydrogen-bond donors (Lipinski definition) is 2. The minimum atomic E-state index is -1.82. The predicted octanol–water partition coefficient (Wildman–Crippen LogP) is 2.52. The Balaban J connectivity index is 0.000000413. The Bertz CT molecular complexity index is 533. The summed E-state index contributed by atoms with van der Waals surface area (Å²) in [5.41, 5.74) is 1.40. The Morgan fingerprint density at radius 1 is 1.17 bits per heavy atom. The molecule has 1 aromatic carbocycles. The zero-order valence-electron chi connectivity index (χ0n) is 14.1. The van der Waals surface area contributed by atoms with Crippen LogP contribution in [-0.4, -0.2) is 64.2 Å². The molecule has 0 radical (unpaired) electrons. The van der Waals surface area contributed by atoms with E-state index in [0.29, 0.717) is 0 Å². The molecule has 1 unspecified atom stereocenters. The van der Waals surface area contributed by atoms with Crippen molar-refractivity contribution in [2.75, 3.05) is 26.2 Å². The molecular weight excluding hydrogens is 376 g/mol. The fraction of sp³-hybridized carbons (Fsp3) is 0.529. The molecule has 24 heavy (non-hydrogen) atoms. The summed E-state index contributed by atoms with van der Waals surface area (Å²) in [5.74, 6) is -3.65. The van der Waals surface area contributed by atoms with Crippen LogP contribution < -0.4 is 0 Å². The van der Waals surface area contributed by atoms with Gasteiger partial charge in [0.05, 0.1) is 0 Å². The first kappa shape index (κ1) is 20.6. The Labute approximate surface area is 151 Å². The van der Waals surface area contributed by atoms with Crippen molar-refractivity contribution < 1.29 is 19.8 Å². The second kappa shape index (κ2) is 10.4.